The average molecular weight is 372 g/mol. The summed E-state index contributed by atoms with van der Waals surface area (Å²) >= 11 is 1.57. The molecule has 138 valence electrons. The van der Waals surface area contributed by atoms with Crippen LogP contribution in [0.25, 0.3) is 0 Å². The van der Waals surface area contributed by atoms with E-state index in [1.807, 2.05) is 45.0 Å². The zero-order chi connectivity index (χ0) is 18.5. The number of oxime groups is 1. The number of carbonyl (C=O) groups excluding carboxylic acids is 1. The largest absolute Gasteiger partial charge is 0.385 e. The summed E-state index contributed by atoms with van der Waals surface area (Å²) in [6.07, 6.45) is 2.49. The Morgan fingerprint density at radius 2 is 1.96 bits per heavy atom. The van der Waals surface area contributed by atoms with Crippen LogP contribution >= 0.6 is 11.3 Å². The molecule has 0 spiro atoms. The first kappa shape index (κ1) is 18.4. The second-order valence-electron chi connectivity index (χ2n) is 6.39. The normalized spacial score (nSPS) is 14.6. The van der Waals surface area contributed by atoms with E-state index in [1.165, 1.54) is 18.5 Å². The summed E-state index contributed by atoms with van der Waals surface area (Å²) in [5.74, 6) is -0.229. The fourth-order valence-electron chi connectivity index (χ4n) is 3.02. The molecule has 2 heterocycles. The average Bonchev–Trinajstić information content (AvgIpc) is 3.25. The van der Waals surface area contributed by atoms with Crippen LogP contribution < -0.4 is 10.2 Å². The van der Waals surface area contributed by atoms with E-state index in [0.717, 1.165) is 40.1 Å². The van der Waals surface area contributed by atoms with Gasteiger partial charge >= 0.3 is 0 Å². The van der Waals surface area contributed by atoms with Crippen LogP contribution in [0.5, 0.6) is 0 Å². The fraction of sp³-hybridized carbons (Fsp3) is 0.421. The van der Waals surface area contributed by atoms with E-state index in [9.17, 15) is 4.79 Å². The molecule has 1 aliphatic rings. The van der Waals surface area contributed by atoms with Crippen molar-refractivity contribution in [3.05, 3.63) is 39.8 Å². The third kappa shape index (κ3) is 4.60. The number of benzene rings is 1. The Kier molecular flexibility index (Phi) is 5.88. The Hall–Kier alpha value is -2.41. The van der Waals surface area contributed by atoms with E-state index in [4.69, 9.17) is 4.84 Å². The van der Waals surface area contributed by atoms with Crippen molar-refractivity contribution in [2.75, 3.05) is 29.9 Å². The minimum absolute atomic E-state index is 0.123. The number of thiazole rings is 1. The van der Waals surface area contributed by atoms with E-state index >= 15 is 0 Å². The molecule has 0 bridgehead atoms. The van der Waals surface area contributed by atoms with Crippen LogP contribution in [0.2, 0.25) is 0 Å². The predicted octanol–water partition coefficient (Wildman–Crippen LogP) is 3.74. The number of hydrogen-bond donors (Lipinski definition) is 1. The Balaban J connectivity index is 1.49. The van der Waals surface area contributed by atoms with Crippen molar-refractivity contribution in [3.8, 4) is 0 Å². The van der Waals surface area contributed by atoms with Crippen LogP contribution in [0, 0.1) is 13.8 Å². The van der Waals surface area contributed by atoms with Gasteiger partial charge in [-0.05, 0) is 57.9 Å². The topological polar surface area (TPSA) is 66.8 Å². The highest BCUT2D eigenvalue weighted by Gasteiger charge is 2.12. The third-order valence-corrected chi connectivity index (χ3v) is 5.43. The maximum Gasteiger partial charge on any atom is 0.265 e. The first-order valence-corrected chi connectivity index (χ1v) is 9.60. The maximum atomic E-state index is 12.0. The Morgan fingerprint density at radius 3 is 2.58 bits per heavy atom. The number of nitrogens with zero attached hydrogens (tertiary/aromatic N) is 3. The van der Waals surface area contributed by atoms with Gasteiger partial charge in [-0.15, -0.1) is 11.3 Å². The highest BCUT2D eigenvalue weighted by atomic mass is 32.1. The van der Waals surface area contributed by atoms with Gasteiger partial charge in [0.2, 0.25) is 0 Å². The molecule has 0 radical (unpaired) electrons. The number of carbonyl (C=O) groups is 1. The zero-order valence-electron chi connectivity index (χ0n) is 15.4. The maximum absolute atomic E-state index is 12.0. The molecule has 26 heavy (non-hydrogen) atoms. The Bertz CT molecular complexity index is 792. The quantitative estimate of drug-likeness (QED) is 0.620. The van der Waals surface area contributed by atoms with Gasteiger partial charge in [0.1, 0.15) is 0 Å². The number of nitrogens with one attached hydrogen (secondary N) is 1. The molecule has 1 aromatic carbocycles. The Labute approximate surface area is 157 Å². The van der Waals surface area contributed by atoms with Crippen LogP contribution in [0.1, 0.15) is 35.3 Å². The molecule has 1 amide bonds. The summed E-state index contributed by atoms with van der Waals surface area (Å²) in [5, 5.41) is 7.85. The van der Waals surface area contributed by atoms with E-state index in [-0.39, 0.29) is 12.5 Å². The number of anilines is 2. The Morgan fingerprint density at radius 1 is 1.27 bits per heavy atom. The van der Waals surface area contributed by atoms with Gasteiger partial charge in [-0.2, -0.15) is 0 Å². The molecule has 1 aromatic heterocycles. The van der Waals surface area contributed by atoms with Gasteiger partial charge in [-0.1, -0.05) is 5.16 Å². The lowest BCUT2D eigenvalue weighted by molar-refractivity contribution is -0.120. The van der Waals surface area contributed by atoms with Crippen LogP contribution in [0.4, 0.5) is 11.4 Å². The summed E-state index contributed by atoms with van der Waals surface area (Å²) in [4.78, 5) is 24.9. The van der Waals surface area contributed by atoms with Crippen molar-refractivity contribution in [2.45, 2.75) is 33.6 Å². The molecule has 0 unspecified atom stereocenters. The molecule has 7 heteroatoms. The van der Waals surface area contributed by atoms with Gasteiger partial charge in [0.05, 0.1) is 21.3 Å². The number of amides is 1. The molecule has 0 saturated carbocycles. The van der Waals surface area contributed by atoms with E-state index in [0.29, 0.717) is 0 Å². The van der Waals surface area contributed by atoms with Gasteiger partial charge in [0.15, 0.2) is 6.61 Å². The summed E-state index contributed by atoms with van der Waals surface area (Å²) in [7, 11) is 0. The summed E-state index contributed by atoms with van der Waals surface area (Å²) in [6, 6.07) is 7.92. The van der Waals surface area contributed by atoms with Crippen LogP contribution in [0.3, 0.4) is 0 Å². The second-order valence-corrected chi connectivity index (χ2v) is 7.59. The first-order chi connectivity index (χ1) is 12.5. The van der Waals surface area contributed by atoms with Gasteiger partial charge in [-0.25, -0.2) is 4.98 Å². The monoisotopic (exact) mass is 372 g/mol. The molecule has 0 atom stereocenters. The smallest absolute Gasteiger partial charge is 0.265 e. The van der Waals surface area contributed by atoms with Crippen molar-refractivity contribution in [1.82, 2.24) is 4.98 Å². The molecule has 1 saturated heterocycles. The lowest BCUT2D eigenvalue weighted by Crippen LogP contribution is -2.19. The highest BCUT2D eigenvalue weighted by Crippen LogP contribution is 2.22. The number of hydrogen-bond acceptors (Lipinski definition) is 6. The molecule has 1 N–H and O–H groups in total. The van der Waals surface area contributed by atoms with Crippen LogP contribution in [0.15, 0.2) is 29.4 Å². The summed E-state index contributed by atoms with van der Waals surface area (Å²) in [5.41, 5.74) is 3.62. The predicted molar refractivity (Wildman–Crippen MR) is 106 cm³/mol. The lowest BCUT2D eigenvalue weighted by Gasteiger charge is -2.17. The van der Waals surface area contributed by atoms with Crippen molar-refractivity contribution in [1.29, 1.82) is 0 Å². The van der Waals surface area contributed by atoms with E-state index in [2.05, 4.69) is 20.4 Å². The number of rotatable bonds is 6. The molecular formula is C19H24N4O2S. The number of aromatic nitrogens is 1. The lowest BCUT2D eigenvalue weighted by atomic mass is 10.2. The minimum Gasteiger partial charge on any atom is -0.385 e. The zero-order valence-corrected chi connectivity index (χ0v) is 16.2. The molecular weight excluding hydrogens is 348 g/mol. The van der Waals surface area contributed by atoms with Gasteiger partial charge in [-0.3, -0.25) is 4.79 Å². The number of aryl methyl sites for hydroxylation is 2. The molecule has 1 aliphatic heterocycles. The first-order valence-electron chi connectivity index (χ1n) is 8.79. The molecule has 6 nitrogen and oxygen atoms in total. The van der Waals surface area contributed by atoms with Crippen LogP contribution in [-0.2, 0) is 9.63 Å². The van der Waals surface area contributed by atoms with Crippen molar-refractivity contribution >= 4 is 34.3 Å². The van der Waals surface area contributed by atoms with Crippen LogP contribution in [-0.4, -0.2) is 36.3 Å². The SMILES string of the molecule is CC(=NOCC(=O)Nc1ccc(N2CCCC2)cc1)c1sc(C)nc1C. The van der Waals surface area contributed by atoms with E-state index < -0.39 is 0 Å². The van der Waals surface area contributed by atoms with Gasteiger partial charge in [0, 0.05) is 24.5 Å². The van der Waals surface area contributed by atoms with Crippen molar-refractivity contribution < 1.29 is 9.63 Å². The van der Waals surface area contributed by atoms with Gasteiger partial charge < -0.3 is 15.1 Å². The van der Waals surface area contributed by atoms with Crippen molar-refractivity contribution in [3.63, 3.8) is 0 Å². The molecule has 1 fully saturated rings. The standard InChI is InChI=1S/C19H24N4O2S/c1-13-19(26-15(3)20-13)14(2)22-25-12-18(24)21-16-6-8-17(9-7-16)23-10-4-5-11-23/h6-9H,4-5,10-12H2,1-3H3,(H,21,24). The third-order valence-electron chi connectivity index (χ3n) is 4.25. The van der Waals surface area contributed by atoms with Crippen molar-refractivity contribution in [2.24, 2.45) is 5.16 Å². The second kappa shape index (κ2) is 8.31. The minimum atomic E-state index is -0.229. The molecule has 2 aromatic rings. The van der Waals surface area contributed by atoms with Gasteiger partial charge in [0.25, 0.3) is 5.91 Å². The molecule has 0 aliphatic carbocycles. The van der Waals surface area contributed by atoms with E-state index in [1.54, 1.807) is 11.3 Å². The molecule has 3 rings (SSSR count). The highest BCUT2D eigenvalue weighted by molar-refractivity contribution is 7.13. The fourth-order valence-corrected chi connectivity index (χ4v) is 3.88. The summed E-state index contributed by atoms with van der Waals surface area (Å²) in [6.45, 7) is 7.84. The summed E-state index contributed by atoms with van der Waals surface area (Å²) < 4.78 is 0.